The second kappa shape index (κ2) is 5.96. The molecule has 0 aliphatic carbocycles. The number of nitrogens with one attached hydrogen (secondary N) is 1. The van der Waals surface area contributed by atoms with E-state index in [9.17, 15) is 4.79 Å². The largest absolute Gasteiger partial charge is 0.347 e. The molecule has 1 aromatic carbocycles. The first-order valence-electron chi connectivity index (χ1n) is 5.92. The Morgan fingerprint density at radius 1 is 1.28 bits per heavy atom. The normalized spacial score (nSPS) is 10.9. The Bertz CT molecular complexity index is 423. The van der Waals surface area contributed by atoms with Crippen LogP contribution in [0.1, 0.15) is 26.3 Å². The van der Waals surface area contributed by atoms with Gasteiger partial charge in [0.2, 0.25) is 5.91 Å². The molecule has 0 bridgehead atoms. The highest BCUT2D eigenvalue weighted by Gasteiger charge is 2.20. The van der Waals surface area contributed by atoms with Crippen molar-refractivity contribution in [2.75, 3.05) is 7.05 Å². The molecule has 98 valence electrons. The maximum absolute atomic E-state index is 11.8. The van der Waals surface area contributed by atoms with Crippen LogP contribution in [0.15, 0.2) is 30.3 Å². The quantitative estimate of drug-likeness (QED) is 0.832. The highest BCUT2D eigenvalue weighted by atomic mass is 32.1. The van der Waals surface area contributed by atoms with Gasteiger partial charge in [-0.25, -0.2) is 0 Å². The first-order valence-corrected chi connectivity index (χ1v) is 6.33. The summed E-state index contributed by atoms with van der Waals surface area (Å²) in [6.07, 6.45) is 0.346. The third kappa shape index (κ3) is 4.45. The summed E-state index contributed by atoms with van der Waals surface area (Å²) < 4.78 is 0. The molecule has 0 unspecified atom stereocenters. The molecule has 0 aliphatic heterocycles. The number of carbonyl (C=O) groups excluding carboxylic acids is 1. The lowest BCUT2D eigenvalue weighted by Crippen LogP contribution is -2.49. The second-order valence-corrected chi connectivity index (χ2v) is 5.63. The van der Waals surface area contributed by atoms with Gasteiger partial charge in [0.1, 0.15) is 0 Å². The molecule has 0 spiro atoms. The van der Waals surface area contributed by atoms with Crippen molar-refractivity contribution in [3.05, 3.63) is 35.9 Å². The lowest BCUT2D eigenvalue weighted by atomic mass is 10.1. The molecule has 3 nitrogen and oxygen atoms in total. The standard InChI is InChI=1S/C14H20N2OS/c1-14(2,3)16(4)13(18)15-12(17)10-11-8-6-5-7-9-11/h5-9H,10H2,1-4H3,(H,15,17,18). The third-order valence-corrected chi connectivity index (χ3v) is 3.14. The molecule has 0 saturated carbocycles. The lowest BCUT2D eigenvalue weighted by molar-refractivity contribution is -0.119. The van der Waals surface area contributed by atoms with Crippen molar-refractivity contribution in [2.45, 2.75) is 32.7 Å². The molecule has 0 heterocycles. The van der Waals surface area contributed by atoms with Crippen LogP contribution in [0, 0.1) is 0 Å². The highest BCUT2D eigenvalue weighted by Crippen LogP contribution is 2.10. The Kier molecular flexibility index (Phi) is 4.84. The summed E-state index contributed by atoms with van der Waals surface area (Å²) in [5.41, 5.74) is 0.883. The van der Waals surface area contributed by atoms with Crippen LogP contribution >= 0.6 is 12.2 Å². The summed E-state index contributed by atoms with van der Waals surface area (Å²) in [4.78, 5) is 13.7. The van der Waals surface area contributed by atoms with Gasteiger partial charge in [0.15, 0.2) is 5.11 Å². The summed E-state index contributed by atoms with van der Waals surface area (Å²) in [5.74, 6) is -0.0812. The molecular formula is C14H20N2OS. The fourth-order valence-corrected chi connectivity index (χ4v) is 1.72. The number of rotatable bonds is 2. The van der Waals surface area contributed by atoms with Gasteiger partial charge >= 0.3 is 0 Å². The van der Waals surface area contributed by atoms with E-state index in [0.717, 1.165) is 5.56 Å². The molecule has 1 aromatic rings. The molecule has 4 heteroatoms. The maximum Gasteiger partial charge on any atom is 0.230 e. The summed E-state index contributed by atoms with van der Waals surface area (Å²) in [6.45, 7) is 6.13. The average molecular weight is 264 g/mol. The molecule has 1 N–H and O–H groups in total. The van der Waals surface area contributed by atoms with Gasteiger partial charge in [-0.2, -0.15) is 0 Å². The minimum absolute atomic E-state index is 0.0812. The lowest BCUT2D eigenvalue weighted by Gasteiger charge is -2.33. The fourth-order valence-electron chi connectivity index (χ4n) is 1.33. The van der Waals surface area contributed by atoms with E-state index in [-0.39, 0.29) is 11.4 Å². The van der Waals surface area contributed by atoms with Gasteiger partial charge in [0, 0.05) is 12.6 Å². The highest BCUT2D eigenvalue weighted by molar-refractivity contribution is 7.80. The Hall–Kier alpha value is -1.42. The van der Waals surface area contributed by atoms with E-state index in [0.29, 0.717) is 11.5 Å². The average Bonchev–Trinajstić information content (AvgIpc) is 2.27. The van der Waals surface area contributed by atoms with Gasteiger partial charge in [-0.15, -0.1) is 0 Å². The predicted octanol–water partition coefficient (Wildman–Crippen LogP) is 2.36. The van der Waals surface area contributed by atoms with E-state index >= 15 is 0 Å². The Balaban J connectivity index is 2.53. The van der Waals surface area contributed by atoms with Crippen molar-refractivity contribution in [1.82, 2.24) is 10.2 Å². The number of hydrogen-bond acceptors (Lipinski definition) is 2. The molecular weight excluding hydrogens is 244 g/mol. The first-order chi connectivity index (χ1) is 8.30. The monoisotopic (exact) mass is 264 g/mol. The minimum atomic E-state index is -0.100. The summed E-state index contributed by atoms with van der Waals surface area (Å²) >= 11 is 5.21. The number of amides is 1. The van der Waals surface area contributed by atoms with Gasteiger partial charge in [-0.1, -0.05) is 30.3 Å². The zero-order chi connectivity index (χ0) is 13.8. The van der Waals surface area contributed by atoms with E-state index in [4.69, 9.17) is 12.2 Å². The van der Waals surface area contributed by atoms with Gasteiger partial charge < -0.3 is 10.2 Å². The molecule has 0 aliphatic rings. The van der Waals surface area contributed by atoms with Crippen LogP contribution in [0.4, 0.5) is 0 Å². The van der Waals surface area contributed by atoms with Crippen molar-refractivity contribution >= 4 is 23.2 Å². The molecule has 1 rings (SSSR count). The third-order valence-electron chi connectivity index (χ3n) is 2.76. The van der Waals surface area contributed by atoms with Crippen molar-refractivity contribution in [1.29, 1.82) is 0 Å². The van der Waals surface area contributed by atoms with Crippen LogP contribution in [0.25, 0.3) is 0 Å². The molecule has 0 saturated heterocycles. The van der Waals surface area contributed by atoms with Crippen LogP contribution in [-0.2, 0) is 11.2 Å². The van der Waals surface area contributed by atoms with E-state index in [2.05, 4.69) is 5.32 Å². The van der Waals surface area contributed by atoms with Gasteiger partial charge in [-0.05, 0) is 38.6 Å². The number of thiocarbonyl (C=S) groups is 1. The van der Waals surface area contributed by atoms with Crippen molar-refractivity contribution in [2.24, 2.45) is 0 Å². The number of carbonyl (C=O) groups is 1. The molecule has 0 aromatic heterocycles. The SMILES string of the molecule is CN(C(=S)NC(=O)Cc1ccccc1)C(C)(C)C. The van der Waals surface area contributed by atoms with Gasteiger partial charge in [0.25, 0.3) is 0 Å². The molecule has 1 amide bonds. The Morgan fingerprint density at radius 3 is 2.33 bits per heavy atom. The maximum atomic E-state index is 11.8. The summed E-state index contributed by atoms with van der Waals surface area (Å²) in [6, 6.07) is 9.62. The number of nitrogens with zero attached hydrogens (tertiary/aromatic N) is 1. The van der Waals surface area contributed by atoms with Crippen LogP contribution in [-0.4, -0.2) is 28.5 Å². The fraction of sp³-hybridized carbons (Fsp3) is 0.429. The molecule has 0 fully saturated rings. The molecule has 18 heavy (non-hydrogen) atoms. The Morgan fingerprint density at radius 2 is 1.83 bits per heavy atom. The van der Waals surface area contributed by atoms with E-state index in [1.165, 1.54) is 0 Å². The van der Waals surface area contributed by atoms with Crippen LogP contribution < -0.4 is 5.32 Å². The van der Waals surface area contributed by atoms with Crippen LogP contribution in [0.3, 0.4) is 0 Å². The van der Waals surface area contributed by atoms with Gasteiger partial charge in [0.05, 0.1) is 6.42 Å². The van der Waals surface area contributed by atoms with Crippen LogP contribution in [0.5, 0.6) is 0 Å². The number of benzene rings is 1. The van der Waals surface area contributed by atoms with E-state index < -0.39 is 0 Å². The van der Waals surface area contributed by atoms with Crippen molar-refractivity contribution < 1.29 is 4.79 Å². The van der Waals surface area contributed by atoms with Crippen LogP contribution in [0.2, 0.25) is 0 Å². The molecule has 0 radical (unpaired) electrons. The number of hydrogen-bond donors (Lipinski definition) is 1. The summed E-state index contributed by atoms with van der Waals surface area (Å²) in [5, 5.41) is 3.21. The van der Waals surface area contributed by atoms with E-state index in [1.807, 2.05) is 63.1 Å². The van der Waals surface area contributed by atoms with Crippen molar-refractivity contribution in [3.63, 3.8) is 0 Å². The zero-order valence-electron chi connectivity index (χ0n) is 11.4. The van der Waals surface area contributed by atoms with E-state index in [1.54, 1.807) is 0 Å². The Labute approximate surface area is 114 Å². The molecule has 0 atom stereocenters. The first kappa shape index (κ1) is 14.6. The predicted molar refractivity (Wildman–Crippen MR) is 78.4 cm³/mol. The topological polar surface area (TPSA) is 32.3 Å². The zero-order valence-corrected chi connectivity index (χ0v) is 12.2. The summed E-state index contributed by atoms with van der Waals surface area (Å²) in [7, 11) is 1.88. The van der Waals surface area contributed by atoms with Crippen molar-refractivity contribution in [3.8, 4) is 0 Å². The second-order valence-electron chi connectivity index (χ2n) is 5.25. The minimum Gasteiger partial charge on any atom is -0.347 e. The smallest absolute Gasteiger partial charge is 0.230 e. The van der Waals surface area contributed by atoms with Gasteiger partial charge in [-0.3, -0.25) is 4.79 Å².